The fourth-order valence-corrected chi connectivity index (χ4v) is 3.13. The molecule has 0 aromatic carbocycles. The van der Waals surface area contributed by atoms with Crippen LogP contribution < -0.4 is 5.32 Å². The second kappa shape index (κ2) is 7.44. The molecule has 0 fully saturated rings. The van der Waals surface area contributed by atoms with E-state index in [-0.39, 0.29) is 5.91 Å². The molecule has 2 heterocycles. The SMILES string of the molecule is CCCCNC(=O)CSc1nnc(-c2cccs2)n1C. The predicted octanol–water partition coefficient (Wildman–Crippen LogP) is 2.55. The Morgan fingerprint density at radius 3 is 3.05 bits per heavy atom. The zero-order chi connectivity index (χ0) is 14.4. The number of unbranched alkanes of at least 4 members (excludes halogenated alkanes) is 1. The van der Waals surface area contributed by atoms with E-state index >= 15 is 0 Å². The van der Waals surface area contributed by atoms with Gasteiger partial charge in [0.2, 0.25) is 5.91 Å². The Morgan fingerprint density at radius 2 is 2.35 bits per heavy atom. The minimum Gasteiger partial charge on any atom is -0.355 e. The summed E-state index contributed by atoms with van der Waals surface area (Å²) in [5, 5.41) is 14.0. The smallest absolute Gasteiger partial charge is 0.230 e. The molecule has 108 valence electrons. The summed E-state index contributed by atoms with van der Waals surface area (Å²) in [4.78, 5) is 12.7. The number of nitrogens with zero attached hydrogens (tertiary/aromatic N) is 3. The summed E-state index contributed by atoms with van der Waals surface area (Å²) >= 11 is 3.04. The zero-order valence-electron chi connectivity index (χ0n) is 11.6. The van der Waals surface area contributed by atoms with E-state index in [1.807, 2.05) is 29.1 Å². The van der Waals surface area contributed by atoms with E-state index in [9.17, 15) is 4.79 Å². The van der Waals surface area contributed by atoms with E-state index in [1.165, 1.54) is 11.8 Å². The maximum atomic E-state index is 11.7. The van der Waals surface area contributed by atoms with Crippen LogP contribution in [0.5, 0.6) is 0 Å². The molecule has 0 bridgehead atoms. The highest BCUT2D eigenvalue weighted by atomic mass is 32.2. The van der Waals surface area contributed by atoms with Gasteiger partial charge in [0.05, 0.1) is 10.6 Å². The summed E-state index contributed by atoms with van der Waals surface area (Å²) in [6.45, 7) is 2.85. The standard InChI is InChI=1S/C13H18N4OS2/c1-3-4-7-14-11(18)9-20-13-16-15-12(17(13)2)10-6-5-8-19-10/h5-6,8H,3-4,7,9H2,1-2H3,(H,14,18). The molecule has 20 heavy (non-hydrogen) atoms. The van der Waals surface area contributed by atoms with E-state index in [0.29, 0.717) is 5.75 Å². The molecule has 0 atom stereocenters. The molecule has 0 unspecified atom stereocenters. The molecule has 1 N–H and O–H groups in total. The maximum Gasteiger partial charge on any atom is 0.230 e. The average Bonchev–Trinajstić information content (AvgIpc) is 3.06. The molecule has 0 aliphatic heterocycles. The van der Waals surface area contributed by atoms with Crippen LogP contribution in [0.3, 0.4) is 0 Å². The summed E-state index contributed by atoms with van der Waals surface area (Å²) in [6, 6.07) is 4.00. The lowest BCUT2D eigenvalue weighted by Crippen LogP contribution is -2.26. The van der Waals surface area contributed by atoms with Crippen molar-refractivity contribution in [2.45, 2.75) is 24.9 Å². The van der Waals surface area contributed by atoms with Gasteiger partial charge in [0.1, 0.15) is 0 Å². The molecule has 0 aliphatic carbocycles. The van der Waals surface area contributed by atoms with Gasteiger partial charge in [-0.15, -0.1) is 21.5 Å². The number of thiophene rings is 1. The number of amides is 1. The Morgan fingerprint density at radius 1 is 1.50 bits per heavy atom. The summed E-state index contributed by atoms with van der Waals surface area (Å²) in [6.07, 6.45) is 2.10. The summed E-state index contributed by atoms with van der Waals surface area (Å²) in [7, 11) is 1.92. The summed E-state index contributed by atoms with van der Waals surface area (Å²) in [5.74, 6) is 1.26. The van der Waals surface area contributed by atoms with Crippen molar-refractivity contribution >= 4 is 29.0 Å². The first-order valence-electron chi connectivity index (χ1n) is 6.55. The number of aromatic nitrogens is 3. The lowest BCUT2D eigenvalue weighted by Gasteiger charge is -2.04. The molecule has 0 spiro atoms. The van der Waals surface area contributed by atoms with Crippen molar-refractivity contribution in [3.8, 4) is 10.7 Å². The van der Waals surface area contributed by atoms with Gasteiger partial charge in [0, 0.05) is 13.6 Å². The summed E-state index contributed by atoms with van der Waals surface area (Å²) in [5.41, 5.74) is 0. The first kappa shape index (κ1) is 15.1. The largest absolute Gasteiger partial charge is 0.355 e. The Kier molecular flexibility index (Phi) is 5.60. The van der Waals surface area contributed by atoms with Gasteiger partial charge in [-0.25, -0.2) is 0 Å². The van der Waals surface area contributed by atoms with Gasteiger partial charge >= 0.3 is 0 Å². The highest BCUT2D eigenvalue weighted by Gasteiger charge is 2.13. The second-order valence-electron chi connectivity index (χ2n) is 4.33. The number of hydrogen-bond donors (Lipinski definition) is 1. The molecule has 0 radical (unpaired) electrons. The number of carbonyl (C=O) groups is 1. The first-order valence-corrected chi connectivity index (χ1v) is 8.41. The topological polar surface area (TPSA) is 59.8 Å². The third-order valence-electron chi connectivity index (χ3n) is 2.76. The molecule has 0 aliphatic rings. The van der Waals surface area contributed by atoms with Crippen LogP contribution in [0, 0.1) is 0 Å². The molecular formula is C13H18N4OS2. The van der Waals surface area contributed by atoms with Crippen LogP contribution in [0.4, 0.5) is 0 Å². The van der Waals surface area contributed by atoms with Gasteiger partial charge in [0.15, 0.2) is 11.0 Å². The van der Waals surface area contributed by atoms with Crippen LogP contribution in [0.15, 0.2) is 22.7 Å². The van der Waals surface area contributed by atoms with Crippen LogP contribution in [0.1, 0.15) is 19.8 Å². The Balaban J connectivity index is 1.89. The fraction of sp³-hybridized carbons (Fsp3) is 0.462. The van der Waals surface area contributed by atoms with Gasteiger partial charge < -0.3 is 9.88 Å². The molecule has 5 nitrogen and oxygen atoms in total. The Labute approximate surface area is 126 Å². The van der Waals surface area contributed by atoms with E-state index in [4.69, 9.17) is 0 Å². The molecule has 0 saturated heterocycles. The van der Waals surface area contributed by atoms with Crippen molar-refractivity contribution < 1.29 is 4.79 Å². The van der Waals surface area contributed by atoms with Crippen LogP contribution in [-0.2, 0) is 11.8 Å². The zero-order valence-corrected chi connectivity index (χ0v) is 13.3. The minimum absolute atomic E-state index is 0.0455. The van der Waals surface area contributed by atoms with Gasteiger partial charge in [-0.05, 0) is 17.9 Å². The highest BCUT2D eigenvalue weighted by molar-refractivity contribution is 7.99. The van der Waals surface area contributed by atoms with Gasteiger partial charge in [-0.3, -0.25) is 4.79 Å². The van der Waals surface area contributed by atoms with Crippen molar-refractivity contribution in [1.29, 1.82) is 0 Å². The first-order chi connectivity index (χ1) is 9.72. The van der Waals surface area contributed by atoms with E-state index in [2.05, 4.69) is 22.4 Å². The quantitative estimate of drug-likeness (QED) is 0.631. The second-order valence-corrected chi connectivity index (χ2v) is 6.22. The molecule has 2 aromatic heterocycles. The van der Waals surface area contributed by atoms with Crippen molar-refractivity contribution in [2.75, 3.05) is 12.3 Å². The Bertz CT molecular complexity index is 551. The summed E-state index contributed by atoms with van der Waals surface area (Å²) < 4.78 is 1.93. The van der Waals surface area contributed by atoms with Gasteiger partial charge in [-0.1, -0.05) is 31.2 Å². The van der Waals surface area contributed by atoms with Crippen molar-refractivity contribution in [2.24, 2.45) is 7.05 Å². The third kappa shape index (κ3) is 3.83. The average molecular weight is 310 g/mol. The monoisotopic (exact) mass is 310 g/mol. The van der Waals surface area contributed by atoms with Crippen LogP contribution in [0.2, 0.25) is 0 Å². The third-order valence-corrected chi connectivity index (χ3v) is 4.65. The highest BCUT2D eigenvalue weighted by Crippen LogP contribution is 2.25. The number of nitrogens with one attached hydrogen (secondary N) is 1. The maximum absolute atomic E-state index is 11.7. The van der Waals surface area contributed by atoms with Gasteiger partial charge in [-0.2, -0.15) is 0 Å². The molecule has 2 rings (SSSR count). The number of hydrogen-bond acceptors (Lipinski definition) is 5. The van der Waals surface area contributed by atoms with E-state index in [1.54, 1.807) is 11.3 Å². The Hall–Kier alpha value is -1.34. The molecule has 0 saturated carbocycles. The van der Waals surface area contributed by atoms with Crippen molar-refractivity contribution in [3.05, 3.63) is 17.5 Å². The van der Waals surface area contributed by atoms with Crippen LogP contribution in [0.25, 0.3) is 10.7 Å². The van der Waals surface area contributed by atoms with E-state index in [0.717, 1.165) is 35.2 Å². The minimum atomic E-state index is 0.0455. The molecular weight excluding hydrogens is 292 g/mol. The van der Waals surface area contributed by atoms with Crippen molar-refractivity contribution in [1.82, 2.24) is 20.1 Å². The van der Waals surface area contributed by atoms with Gasteiger partial charge in [0.25, 0.3) is 0 Å². The lowest BCUT2D eigenvalue weighted by atomic mass is 10.3. The molecule has 1 amide bonds. The lowest BCUT2D eigenvalue weighted by molar-refractivity contribution is -0.118. The number of carbonyl (C=O) groups excluding carboxylic acids is 1. The predicted molar refractivity (Wildman–Crippen MR) is 83.0 cm³/mol. The molecule has 2 aromatic rings. The van der Waals surface area contributed by atoms with Crippen LogP contribution in [-0.4, -0.2) is 33.0 Å². The van der Waals surface area contributed by atoms with Crippen molar-refractivity contribution in [3.63, 3.8) is 0 Å². The number of rotatable bonds is 7. The normalized spacial score (nSPS) is 10.7. The number of thioether (sulfide) groups is 1. The van der Waals surface area contributed by atoms with E-state index < -0.39 is 0 Å². The molecule has 7 heteroatoms. The fourth-order valence-electron chi connectivity index (χ4n) is 1.65. The van der Waals surface area contributed by atoms with Crippen LogP contribution >= 0.6 is 23.1 Å².